The van der Waals surface area contributed by atoms with Crippen molar-refractivity contribution in [3.8, 4) is 11.4 Å². The highest BCUT2D eigenvalue weighted by molar-refractivity contribution is 7.99. The van der Waals surface area contributed by atoms with Gasteiger partial charge < -0.3 is 10.1 Å². The molecule has 2 aromatic heterocycles. The molecule has 4 rings (SSSR count). The van der Waals surface area contributed by atoms with Crippen LogP contribution >= 0.6 is 23.1 Å². The highest BCUT2D eigenvalue weighted by Crippen LogP contribution is 2.31. The van der Waals surface area contributed by atoms with Crippen LogP contribution in [0.3, 0.4) is 0 Å². The van der Waals surface area contributed by atoms with Crippen molar-refractivity contribution in [2.24, 2.45) is 0 Å². The summed E-state index contributed by atoms with van der Waals surface area (Å²) < 4.78 is 7.17. The Morgan fingerprint density at radius 2 is 1.80 bits per heavy atom. The Morgan fingerprint density at radius 1 is 1.09 bits per heavy atom. The van der Waals surface area contributed by atoms with Crippen molar-refractivity contribution in [1.29, 1.82) is 0 Å². The van der Waals surface area contributed by atoms with Crippen LogP contribution in [0.4, 0.5) is 5.69 Å². The zero-order valence-electron chi connectivity index (χ0n) is 20.4. The van der Waals surface area contributed by atoms with Gasteiger partial charge in [0.25, 0.3) is 5.56 Å². The number of nitrogens with one attached hydrogen (secondary N) is 1. The lowest BCUT2D eigenvalue weighted by Gasteiger charge is -2.13. The molecule has 1 N–H and O–H groups in total. The molecule has 0 aliphatic heterocycles. The smallest absolute Gasteiger partial charge is 0.267 e. The maximum absolute atomic E-state index is 13.8. The Kier molecular flexibility index (Phi) is 7.93. The molecule has 0 fully saturated rings. The van der Waals surface area contributed by atoms with Crippen LogP contribution in [0.2, 0.25) is 0 Å². The van der Waals surface area contributed by atoms with Crippen molar-refractivity contribution in [3.05, 3.63) is 74.9 Å². The molecular formula is C27H29N3O3S2. The van der Waals surface area contributed by atoms with Gasteiger partial charge in [0, 0.05) is 10.6 Å². The minimum absolute atomic E-state index is 0.114. The second-order valence-electron chi connectivity index (χ2n) is 8.25. The number of aryl methyl sites for hydroxylation is 3. The first-order chi connectivity index (χ1) is 16.9. The molecule has 0 saturated carbocycles. The van der Waals surface area contributed by atoms with E-state index in [4.69, 9.17) is 9.72 Å². The topological polar surface area (TPSA) is 73.2 Å². The molecule has 4 aromatic rings. The van der Waals surface area contributed by atoms with E-state index in [1.165, 1.54) is 16.6 Å². The van der Waals surface area contributed by atoms with E-state index in [1.54, 1.807) is 15.9 Å². The van der Waals surface area contributed by atoms with Crippen LogP contribution in [0, 0.1) is 13.8 Å². The molecule has 0 saturated heterocycles. The molecule has 0 aliphatic carbocycles. The van der Waals surface area contributed by atoms with Crippen molar-refractivity contribution < 1.29 is 9.53 Å². The summed E-state index contributed by atoms with van der Waals surface area (Å²) in [4.78, 5) is 33.2. The normalized spacial score (nSPS) is 11.1. The monoisotopic (exact) mass is 507 g/mol. The molecular weight excluding hydrogens is 478 g/mol. The quantitative estimate of drug-likeness (QED) is 0.217. The highest BCUT2D eigenvalue weighted by Gasteiger charge is 2.20. The summed E-state index contributed by atoms with van der Waals surface area (Å²) in [5.41, 5.74) is 3.45. The van der Waals surface area contributed by atoms with Crippen LogP contribution in [0.25, 0.3) is 15.9 Å². The van der Waals surface area contributed by atoms with Gasteiger partial charge in [0.05, 0.1) is 23.4 Å². The van der Waals surface area contributed by atoms with Crippen LogP contribution in [-0.4, -0.2) is 27.8 Å². The number of ether oxygens (including phenoxy) is 1. The Hall–Kier alpha value is -3.10. The van der Waals surface area contributed by atoms with Crippen molar-refractivity contribution in [1.82, 2.24) is 9.55 Å². The number of amides is 1. The van der Waals surface area contributed by atoms with Gasteiger partial charge in [-0.1, -0.05) is 42.8 Å². The molecule has 2 heterocycles. The molecule has 2 aromatic carbocycles. The van der Waals surface area contributed by atoms with E-state index in [-0.39, 0.29) is 17.2 Å². The van der Waals surface area contributed by atoms with Gasteiger partial charge in [0.15, 0.2) is 5.16 Å². The summed E-state index contributed by atoms with van der Waals surface area (Å²) in [6.07, 6.45) is 1.91. The maximum atomic E-state index is 13.8. The van der Waals surface area contributed by atoms with Crippen molar-refractivity contribution in [2.45, 2.75) is 45.7 Å². The zero-order valence-corrected chi connectivity index (χ0v) is 22.0. The average molecular weight is 508 g/mol. The molecule has 0 unspecified atom stereocenters. The number of anilines is 1. The lowest BCUT2D eigenvalue weighted by molar-refractivity contribution is -0.113. The first kappa shape index (κ1) is 25.0. The average Bonchev–Trinajstić information content (AvgIpc) is 3.16. The lowest BCUT2D eigenvalue weighted by Crippen LogP contribution is -2.22. The summed E-state index contributed by atoms with van der Waals surface area (Å²) in [6, 6.07) is 15.1. The number of carbonyl (C=O) groups is 1. The molecule has 0 bridgehead atoms. The van der Waals surface area contributed by atoms with Crippen LogP contribution in [0.5, 0.6) is 5.75 Å². The van der Waals surface area contributed by atoms with E-state index in [0.717, 1.165) is 40.2 Å². The van der Waals surface area contributed by atoms with Crippen LogP contribution in [-0.2, 0) is 11.2 Å². The summed E-state index contributed by atoms with van der Waals surface area (Å²) in [6.45, 7) is 8.63. The Labute approximate surface area is 213 Å². The minimum atomic E-state index is -0.152. The van der Waals surface area contributed by atoms with Crippen LogP contribution < -0.4 is 15.6 Å². The standard InChI is InChI=1S/C27H29N3O3S2/c1-5-7-22-18(4)24-25(35-22)29-27(34-16-23(31)28-19-10-8-17(3)9-11-19)30(26(24)32)20-12-14-21(15-13-20)33-6-2/h8-15H,5-7,16H2,1-4H3,(H,28,31). The Bertz CT molecular complexity index is 1390. The van der Waals surface area contributed by atoms with Gasteiger partial charge in [-0.05, 0) is 69.2 Å². The van der Waals surface area contributed by atoms with E-state index < -0.39 is 0 Å². The van der Waals surface area contributed by atoms with E-state index in [0.29, 0.717) is 22.8 Å². The van der Waals surface area contributed by atoms with Crippen LogP contribution in [0.15, 0.2) is 58.5 Å². The van der Waals surface area contributed by atoms with Crippen molar-refractivity contribution in [2.75, 3.05) is 17.7 Å². The predicted octanol–water partition coefficient (Wildman–Crippen LogP) is 6.15. The highest BCUT2D eigenvalue weighted by atomic mass is 32.2. The fourth-order valence-corrected chi connectivity index (χ4v) is 5.96. The fraction of sp³-hybridized carbons (Fsp3) is 0.296. The number of hydrogen-bond donors (Lipinski definition) is 1. The number of hydrogen-bond acceptors (Lipinski definition) is 6. The second kappa shape index (κ2) is 11.1. The number of aromatic nitrogens is 2. The number of rotatable bonds is 9. The number of fused-ring (bicyclic) bond motifs is 1. The maximum Gasteiger partial charge on any atom is 0.267 e. The van der Waals surface area contributed by atoms with E-state index in [9.17, 15) is 9.59 Å². The molecule has 182 valence electrons. The summed E-state index contributed by atoms with van der Waals surface area (Å²) in [7, 11) is 0. The van der Waals surface area contributed by atoms with Crippen molar-refractivity contribution in [3.63, 3.8) is 0 Å². The molecule has 0 atom stereocenters. The molecule has 6 nitrogen and oxygen atoms in total. The van der Waals surface area contributed by atoms with E-state index >= 15 is 0 Å². The number of carbonyl (C=O) groups excluding carboxylic acids is 1. The van der Waals surface area contributed by atoms with Gasteiger partial charge in [-0.2, -0.15) is 0 Å². The van der Waals surface area contributed by atoms with Gasteiger partial charge >= 0.3 is 0 Å². The van der Waals surface area contributed by atoms with Crippen molar-refractivity contribution >= 4 is 44.9 Å². The summed E-state index contributed by atoms with van der Waals surface area (Å²) in [5.74, 6) is 0.720. The third kappa shape index (κ3) is 5.60. The number of nitrogens with zero attached hydrogens (tertiary/aromatic N) is 2. The minimum Gasteiger partial charge on any atom is -0.494 e. The Balaban J connectivity index is 1.70. The van der Waals surface area contributed by atoms with E-state index in [1.807, 2.05) is 69.3 Å². The predicted molar refractivity (Wildman–Crippen MR) is 146 cm³/mol. The third-order valence-corrected chi connectivity index (χ3v) is 7.77. The molecule has 0 spiro atoms. The first-order valence-electron chi connectivity index (χ1n) is 11.7. The lowest BCUT2D eigenvalue weighted by atomic mass is 10.1. The molecule has 8 heteroatoms. The first-order valence-corrected chi connectivity index (χ1v) is 13.5. The van der Waals surface area contributed by atoms with E-state index in [2.05, 4.69) is 12.2 Å². The van der Waals surface area contributed by atoms with Gasteiger partial charge in [-0.25, -0.2) is 4.98 Å². The number of thioether (sulfide) groups is 1. The molecule has 1 amide bonds. The second-order valence-corrected chi connectivity index (χ2v) is 10.3. The van der Waals surface area contributed by atoms with Crippen LogP contribution in [0.1, 0.15) is 36.3 Å². The zero-order chi connectivity index (χ0) is 24.9. The third-order valence-electron chi connectivity index (χ3n) is 5.58. The summed E-state index contributed by atoms with van der Waals surface area (Å²) in [5, 5.41) is 4.06. The van der Waals surface area contributed by atoms with Gasteiger partial charge in [-0.15, -0.1) is 11.3 Å². The fourth-order valence-electron chi connectivity index (χ4n) is 3.82. The largest absolute Gasteiger partial charge is 0.494 e. The van der Waals surface area contributed by atoms with Gasteiger partial charge in [0.2, 0.25) is 5.91 Å². The number of benzene rings is 2. The number of thiophene rings is 1. The SMILES string of the molecule is CCCc1sc2nc(SCC(=O)Nc3ccc(C)cc3)n(-c3ccc(OCC)cc3)c(=O)c2c1C. The van der Waals surface area contributed by atoms with Gasteiger partial charge in [-0.3, -0.25) is 14.2 Å². The molecule has 35 heavy (non-hydrogen) atoms. The molecule has 0 aliphatic rings. The molecule has 0 radical (unpaired) electrons. The summed E-state index contributed by atoms with van der Waals surface area (Å²) >= 11 is 2.83. The van der Waals surface area contributed by atoms with Gasteiger partial charge in [0.1, 0.15) is 10.6 Å². The Morgan fingerprint density at radius 3 is 2.46 bits per heavy atom.